The highest BCUT2D eigenvalue weighted by Gasteiger charge is 2.32. The van der Waals surface area contributed by atoms with Crippen LogP contribution in [0.4, 0.5) is 13.2 Å². The second-order valence-corrected chi connectivity index (χ2v) is 7.67. The third kappa shape index (κ3) is 10.7. The normalized spacial score (nSPS) is 11.3. The van der Waals surface area contributed by atoms with Gasteiger partial charge < -0.3 is 0 Å². The molecule has 0 fully saturated rings. The van der Waals surface area contributed by atoms with Crippen molar-refractivity contribution < 1.29 is 21.6 Å². The van der Waals surface area contributed by atoms with Gasteiger partial charge in [-0.15, -0.1) is 0 Å². The van der Waals surface area contributed by atoms with E-state index in [-0.39, 0.29) is 11.4 Å². The number of rotatable bonds is 8. The van der Waals surface area contributed by atoms with E-state index in [1.807, 2.05) is 20.8 Å². The lowest BCUT2D eigenvalue weighted by atomic mass is 10.2. The van der Waals surface area contributed by atoms with Gasteiger partial charge in [-0.2, -0.15) is 17.5 Å². The maximum Gasteiger partial charge on any atom is 0.416 e. The van der Waals surface area contributed by atoms with Crippen LogP contribution in [0.15, 0.2) is 29.2 Å². The molecule has 7 heteroatoms. The van der Waals surface area contributed by atoms with Crippen LogP contribution in [0.1, 0.15) is 79.2 Å². The van der Waals surface area contributed by atoms with Crippen LogP contribution >= 0.6 is 0 Å². The minimum Gasteiger partial charge on any atom is -0.207 e. The first-order valence-corrected chi connectivity index (χ1v) is 11.3. The average molecular weight is 412 g/mol. The number of unbranched alkanes of at least 4 members (excludes halogenated alkanes) is 3. The van der Waals surface area contributed by atoms with Gasteiger partial charge in [0.1, 0.15) is 0 Å². The van der Waals surface area contributed by atoms with Crippen LogP contribution in [-0.2, 0) is 16.2 Å². The van der Waals surface area contributed by atoms with Crippen molar-refractivity contribution in [3.05, 3.63) is 29.8 Å². The minimum atomic E-state index is -4.55. The molecule has 0 aliphatic rings. The molecule has 1 aromatic rings. The van der Waals surface area contributed by atoms with Crippen molar-refractivity contribution in [1.82, 2.24) is 4.31 Å². The molecule has 0 saturated heterocycles. The van der Waals surface area contributed by atoms with E-state index >= 15 is 0 Å². The molecule has 0 aliphatic heterocycles. The number of nitrogens with zero attached hydrogens (tertiary/aromatic N) is 1. The lowest BCUT2D eigenvalue weighted by molar-refractivity contribution is -0.137. The maximum atomic E-state index is 12.7. The van der Waals surface area contributed by atoms with E-state index in [1.165, 1.54) is 23.2 Å². The van der Waals surface area contributed by atoms with E-state index in [1.54, 1.807) is 6.92 Å². The van der Waals surface area contributed by atoms with Crippen LogP contribution in [0.5, 0.6) is 0 Å². The molecule has 0 atom stereocenters. The zero-order valence-corrected chi connectivity index (χ0v) is 18.4. The number of hydrogen-bond acceptors (Lipinski definition) is 2. The quantitative estimate of drug-likeness (QED) is 0.444. The summed E-state index contributed by atoms with van der Waals surface area (Å²) in [6.07, 6.45) is 0.614. The largest absolute Gasteiger partial charge is 0.416 e. The Labute approximate surface area is 164 Å². The van der Waals surface area contributed by atoms with Gasteiger partial charge in [-0.05, 0) is 24.6 Å². The average Bonchev–Trinajstić information content (AvgIpc) is 2.66. The molecule has 160 valence electrons. The number of halogens is 3. The van der Waals surface area contributed by atoms with E-state index in [4.69, 9.17) is 0 Å². The highest BCUT2D eigenvalue weighted by molar-refractivity contribution is 7.89. The van der Waals surface area contributed by atoms with Crippen molar-refractivity contribution >= 4 is 10.0 Å². The van der Waals surface area contributed by atoms with Gasteiger partial charge in [0.2, 0.25) is 10.0 Å². The van der Waals surface area contributed by atoms with Gasteiger partial charge in [0.05, 0.1) is 10.5 Å². The van der Waals surface area contributed by atoms with Crippen molar-refractivity contribution in [3.8, 4) is 0 Å². The predicted molar refractivity (Wildman–Crippen MR) is 107 cm³/mol. The molecule has 0 aliphatic carbocycles. The van der Waals surface area contributed by atoms with Gasteiger partial charge in [0, 0.05) is 13.1 Å². The third-order valence-electron chi connectivity index (χ3n) is 3.66. The summed E-state index contributed by atoms with van der Waals surface area (Å²) in [5, 5.41) is 0. The van der Waals surface area contributed by atoms with Crippen LogP contribution in [0, 0.1) is 0 Å². The van der Waals surface area contributed by atoms with Crippen LogP contribution in [-0.4, -0.2) is 25.8 Å². The van der Waals surface area contributed by atoms with Gasteiger partial charge in [-0.25, -0.2) is 8.42 Å². The lowest BCUT2D eigenvalue weighted by Crippen LogP contribution is -2.32. The number of hydrogen-bond donors (Lipinski definition) is 0. The second kappa shape index (κ2) is 14.9. The van der Waals surface area contributed by atoms with Gasteiger partial charge in [-0.1, -0.05) is 73.3 Å². The number of alkyl halides is 3. The van der Waals surface area contributed by atoms with Crippen LogP contribution in [0.25, 0.3) is 0 Å². The Morgan fingerprint density at radius 3 is 1.89 bits per heavy atom. The molecule has 0 saturated carbocycles. The molecule has 27 heavy (non-hydrogen) atoms. The van der Waals surface area contributed by atoms with E-state index in [2.05, 4.69) is 13.8 Å². The molecule has 0 heterocycles. The molecule has 0 N–H and O–H groups in total. The smallest absolute Gasteiger partial charge is 0.207 e. The molecule has 3 nitrogen and oxygen atoms in total. The van der Waals surface area contributed by atoms with Gasteiger partial charge in [0.15, 0.2) is 0 Å². The van der Waals surface area contributed by atoms with Crippen LogP contribution in [0.2, 0.25) is 0 Å². The summed E-state index contributed by atoms with van der Waals surface area (Å²) in [6, 6.07) is 3.88. The number of benzene rings is 1. The zero-order chi connectivity index (χ0) is 21.5. The summed E-state index contributed by atoms with van der Waals surface area (Å²) in [5.74, 6) is 0. The molecule has 0 amide bonds. The van der Waals surface area contributed by atoms with Crippen molar-refractivity contribution in [2.24, 2.45) is 0 Å². The Bertz CT molecular complexity index is 585. The van der Waals surface area contributed by atoms with Crippen LogP contribution < -0.4 is 0 Å². The second-order valence-electron chi connectivity index (χ2n) is 5.73. The third-order valence-corrected chi connectivity index (χ3v) is 5.63. The van der Waals surface area contributed by atoms with E-state index < -0.39 is 21.8 Å². The minimum absolute atomic E-state index is 0.238. The summed E-state index contributed by atoms with van der Waals surface area (Å²) in [6.45, 7) is 12.6. The van der Waals surface area contributed by atoms with Crippen molar-refractivity contribution in [2.45, 2.75) is 84.7 Å². The molecule has 0 unspecified atom stereocenters. The summed E-state index contributed by atoms with van der Waals surface area (Å²) in [7, 11) is -3.88. The fourth-order valence-corrected chi connectivity index (χ4v) is 3.50. The van der Waals surface area contributed by atoms with E-state index in [9.17, 15) is 21.6 Å². The van der Waals surface area contributed by atoms with E-state index in [0.717, 1.165) is 25.0 Å². The van der Waals surface area contributed by atoms with Gasteiger partial charge >= 0.3 is 6.18 Å². The Balaban J connectivity index is 0. The highest BCUT2D eigenvalue weighted by atomic mass is 32.2. The van der Waals surface area contributed by atoms with Crippen molar-refractivity contribution in [3.63, 3.8) is 0 Å². The van der Waals surface area contributed by atoms with Crippen LogP contribution in [0.3, 0.4) is 0 Å². The predicted octanol–water partition coefficient (Wildman–Crippen LogP) is 6.74. The summed E-state index contributed by atoms with van der Waals surface area (Å²) >= 11 is 0. The molecule has 0 radical (unpaired) electrons. The Hall–Kier alpha value is -1.08. The first-order chi connectivity index (χ1) is 12.6. The van der Waals surface area contributed by atoms with E-state index in [0.29, 0.717) is 19.0 Å². The maximum absolute atomic E-state index is 12.7. The fraction of sp³-hybridized carbons (Fsp3) is 0.700. The summed E-state index contributed by atoms with van der Waals surface area (Å²) < 4.78 is 64.0. The molecular weight excluding hydrogens is 375 g/mol. The summed E-state index contributed by atoms with van der Waals surface area (Å²) in [5.41, 5.74) is -0.951. The molecular formula is C20H36F3NO2S. The van der Waals surface area contributed by atoms with Crippen molar-refractivity contribution in [2.75, 3.05) is 13.1 Å². The molecule has 0 aromatic heterocycles. The number of sulfonamides is 1. The lowest BCUT2D eigenvalue weighted by Gasteiger charge is -2.21. The first-order valence-electron chi connectivity index (χ1n) is 9.82. The SMILES string of the molecule is CC.CCCC.CCCCCN(CC)S(=O)(=O)c1cccc(C(F)(F)F)c1. The Morgan fingerprint density at radius 1 is 0.926 bits per heavy atom. The first kappa shape index (κ1) is 28.1. The molecule has 0 spiro atoms. The monoisotopic (exact) mass is 411 g/mol. The molecule has 0 bridgehead atoms. The highest BCUT2D eigenvalue weighted by Crippen LogP contribution is 2.31. The fourth-order valence-electron chi connectivity index (χ4n) is 1.97. The Kier molecular flexibility index (Phi) is 15.5. The van der Waals surface area contributed by atoms with Gasteiger partial charge in [0.25, 0.3) is 0 Å². The van der Waals surface area contributed by atoms with Crippen molar-refractivity contribution in [1.29, 1.82) is 0 Å². The molecule has 1 aromatic carbocycles. The topological polar surface area (TPSA) is 37.4 Å². The molecule has 1 rings (SSSR count). The Morgan fingerprint density at radius 2 is 1.48 bits per heavy atom. The van der Waals surface area contributed by atoms with Gasteiger partial charge in [-0.3, -0.25) is 0 Å². The zero-order valence-electron chi connectivity index (χ0n) is 17.6. The standard InChI is InChI=1S/C14H20F3NO2S.C4H10.C2H6/c1-3-5-6-10-18(4-2)21(19,20)13-9-7-8-12(11-13)14(15,16)17;1-3-4-2;1-2/h7-9,11H,3-6,10H2,1-2H3;3-4H2,1-2H3;1-2H3. The summed E-state index contributed by atoms with van der Waals surface area (Å²) in [4.78, 5) is -0.310.